The molecule has 0 bridgehead atoms. The van der Waals surface area contributed by atoms with E-state index in [1.165, 1.54) is 0 Å². The molecule has 0 aromatic carbocycles. The number of ether oxygens (including phenoxy) is 1. The van der Waals surface area contributed by atoms with Gasteiger partial charge in [-0.3, -0.25) is 9.59 Å². The van der Waals surface area contributed by atoms with Crippen molar-refractivity contribution in [1.29, 1.82) is 0 Å². The third-order valence-electron chi connectivity index (χ3n) is 3.85. The van der Waals surface area contributed by atoms with Crippen LogP contribution in [0, 0.1) is 5.92 Å². The second-order valence-electron chi connectivity index (χ2n) is 5.14. The monoisotopic (exact) mass is 241 g/mol. The van der Waals surface area contributed by atoms with Gasteiger partial charge in [0.2, 0.25) is 0 Å². The van der Waals surface area contributed by atoms with Crippen molar-refractivity contribution in [2.24, 2.45) is 5.92 Å². The van der Waals surface area contributed by atoms with E-state index in [9.17, 15) is 9.59 Å². The molecule has 96 valence electrons. The average molecular weight is 241 g/mol. The highest BCUT2D eigenvalue weighted by Gasteiger charge is 2.41. The molecule has 1 aliphatic carbocycles. The molecule has 1 saturated carbocycles. The van der Waals surface area contributed by atoms with Crippen LogP contribution in [-0.2, 0) is 14.3 Å². The summed E-state index contributed by atoms with van der Waals surface area (Å²) in [6.07, 6.45) is 3.86. The topological polar surface area (TPSA) is 75.6 Å². The number of rotatable bonds is 3. The van der Waals surface area contributed by atoms with Crippen LogP contribution in [0.15, 0.2) is 0 Å². The van der Waals surface area contributed by atoms with Crippen LogP contribution in [0.25, 0.3) is 0 Å². The van der Waals surface area contributed by atoms with Crippen LogP contribution in [-0.4, -0.2) is 35.2 Å². The summed E-state index contributed by atoms with van der Waals surface area (Å²) in [6, 6.07) is -0.235. The molecule has 2 aliphatic rings. The van der Waals surface area contributed by atoms with Crippen LogP contribution < -0.4 is 5.32 Å². The number of amides is 1. The first-order chi connectivity index (χ1) is 8.03. The number of carbonyl (C=O) groups is 2. The van der Waals surface area contributed by atoms with Gasteiger partial charge >= 0.3 is 5.97 Å². The van der Waals surface area contributed by atoms with Crippen molar-refractivity contribution in [2.75, 3.05) is 6.61 Å². The molecule has 1 heterocycles. The zero-order valence-corrected chi connectivity index (χ0v) is 10.1. The third-order valence-corrected chi connectivity index (χ3v) is 3.85. The molecule has 1 amide bonds. The number of carboxylic acids is 1. The van der Waals surface area contributed by atoms with E-state index in [2.05, 4.69) is 5.32 Å². The maximum atomic E-state index is 12.1. The lowest BCUT2D eigenvalue weighted by Gasteiger charge is -2.26. The molecule has 0 radical (unpaired) electrons. The van der Waals surface area contributed by atoms with E-state index >= 15 is 0 Å². The molecule has 0 aromatic heterocycles. The van der Waals surface area contributed by atoms with Gasteiger partial charge in [-0.1, -0.05) is 6.42 Å². The molecular formula is C12H19NO4. The number of carbonyl (C=O) groups excluding carboxylic acids is 1. The first kappa shape index (κ1) is 12.4. The number of carboxylic acid groups (broad SMARTS) is 1. The second-order valence-corrected chi connectivity index (χ2v) is 5.14. The van der Waals surface area contributed by atoms with Crippen LogP contribution in [0.5, 0.6) is 0 Å². The molecule has 5 heteroatoms. The summed E-state index contributed by atoms with van der Waals surface area (Å²) < 4.78 is 5.45. The number of hydrogen-bond acceptors (Lipinski definition) is 3. The summed E-state index contributed by atoms with van der Waals surface area (Å²) >= 11 is 0. The molecule has 3 unspecified atom stereocenters. The van der Waals surface area contributed by atoms with Crippen LogP contribution in [0.4, 0.5) is 0 Å². The van der Waals surface area contributed by atoms with E-state index in [0.29, 0.717) is 19.4 Å². The molecule has 3 atom stereocenters. The van der Waals surface area contributed by atoms with Gasteiger partial charge in [-0.15, -0.1) is 0 Å². The lowest BCUT2D eigenvalue weighted by Crippen LogP contribution is -2.50. The van der Waals surface area contributed by atoms with Gasteiger partial charge in [0.1, 0.15) is 5.60 Å². The number of nitrogens with one attached hydrogen (secondary N) is 1. The lowest BCUT2D eigenvalue weighted by atomic mass is 9.99. The molecule has 5 nitrogen and oxygen atoms in total. The summed E-state index contributed by atoms with van der Waals surface area (Å²) in [5, 5.41) is 11.9. The third kappa shape index (κ3) is 2.44. The average Bonchev–Trinajstić information content (AvgIpc) is 2.87. The Hall–Kier alpha value is -1.10. The van der Waals surface area contributed by atoms with Crippen LogP contribution in [0.1, 0.15) is 39.0 Å². The summed E-state index contributed by atoms with van der Waals surface area (Å²) in [6.45, 7) is 2.39. The predicted octanol–water partition coefficient (Wildman–Crippen LogP) is 0.925. The lowest BCUT2D eigenvalue weighted by molar-refractivity contribution is -0.144. The fourth-order valence-electron chi connectivity index (χ4n) is 2.71. The normalized spacial score (nSPS) is 37.0. The number of hydrogen-bond donors (Lipinski definition) is 2. The smallest absolute Gasteiger partial charge is 0.308 e. The Balaban J connectivity index is 1.96. The van der Waals surface area contributed by atoms with Crippen molar-refractivity contribution >= 4 is 11.9 Å². The Morgan fingerprint density at radius 2 is 2.12 bits per heavy atom. The minimum absolute atomic E-state index is 0.159. The summed E-state index contributed by atoms with van der Waals surface area (Å²) in [5.41, 5.74) is -0.758. The highest BCUT2D eigenvalue weighted by molar-refractivity contribution is 5.86. The predicted molar refractivity (Wildman–Crippen MR) is 60.5 cm³/mol. The summed E-state index contributed by atoms with van der Waals surface area (Å²) in [7, 11) is 0. The van der Waals surface area contributed by atoms with Crippen molar-refractivity contribution in [1.82, 2.24) is 5.32 Å². The zero-order chi connectivity index (χ0) is 12.5. The van der Waals surface area contributed by atoms with E-state index in [1.807, 2.05) is 0 Å². The van der Waals surface area contributed by atoms with Crippen molar-refractivity contribution in [3.63, 3.8) is 0 Å². The minimum atomic E-state index is -0.815. The quantitative estimate of drug-likeness (QED) is 0.770. The Morgan fingerprint density at radius 1 is 1.35 bits per heavy atom. The molecular weight excluding hydrogens is 222 g/mol. The van der Waals surface area contributed by atoms with Crippen molar-refractivity contribution in [2.45, 2.75) is 50.7 Å². The fourth-order valence-corrected chi connectivity index (χ4v) is 2.71. The highest BCUT2D eigenvalue weighted by atomic mass is 16.5. The molecule has 2 fully saturated rings. The number of aliphatic carboxylic acids is 1. The maximum absolute atomic E-state index is 12.1. The molecule has 2 N–H and O–H groups in total. The molecule has 0 aromatic rings. The van der Waals surface area contributed by atoms with Crippen LogP contribution in [0.2, 0.25) is 0 Å². The Morgan fingerprint density at radius 3 is 2.71 bits per heavy atom. The van der Waals surface area contributed by atoms with E-state index in [1.54, 1.807) is 6.92 Å². The van der Waals surface area contributed by atoms with Crippen LogP contribution >= 0.6 is 0 Å². The SMILES string of the molecule is CC1(C(=O)NC2CCCC2C(=O)O)CCCO1. The molecule has 1 aliphatic heterocycles. The first-order valence-corrected chi connectivity index (χ1v) is 6.21. The molecule has 0 spiro atoms. The van der Waals surface area contributed by atoms with Gasteiger partial charge in [0, 0.05) is 12.6 Å². The van der Waals surface area contributed by atoms with Gasteiger partial charge in [-0.25, -0.2) is 0 Å². The van der Waals surface area contributed by atoms with Gasteiger partial charge < -0.3 is 15.2 Å². The van der Waals surface area contributed by atoms with E-state index < -0.39 is 17.5 Å². The van der Waals surface area contributed by atoms with Gasteiger partial charge in [0.05, 0.1) is 5.92 Å². The van der Waals surface area contributed by atoms with Crippen molar-refractivity contribution in [3.8, 4) is 0 Å². The highest BCUT2D eigenvalue weighted by Crippen LogP contribution is 2.29. The zero-order valence-electron chi connectivity index (χ0n) is 10.1. The van der Waals surface area contributed by atoms with E-state index in [0.717, 1.165) is 19.3 Å². The Labute approximate surface area is 101 Å². The summed E-state index contributed by atoms with van der Waals surface area (Å²) in [5.74, 6) is -1.41. The van der Waals surface area contributed by atoms with Gasteiger partial charge in [-0.2, -0.15) is 0 Å². The fraction of sp³-hybridized carbons (Fsp3) is 0.833. The molecule has 1 saturated heterocycles. The van der Waals surface area contributed by atoms with Crippen molar-refractivity contribution in [3.05, 3.63) is 0 Å². The largest absolute Gasteiger partial charge is 0.481 e. The van der Waals surface area contributed by atoms with Crippen LogP contribution in [0.3, 0.4) is 0 Å². The maximum Gasteiger partial charge on any atom is 0.308 e. The minimum Gasteiger partial charge on any atom is -0.481 e. The standard InChI is InChI=1S/C12H19NO4/c1-12(6-3-7-17-12)11(16)13-9-5-2-4-8(9)10(14)15/h8-9H,2-7H2,1H3,(H,13,16)(H,14,15). The first-order valence-electron chi connectivity index (χ1n) is 6.21. The Bertz CT molecular complexity index is 322. The summed E-state index contributed by atoms with van der Waals surface area (Å²) in [4.78, 5) is 23.1. The van der Waals surface area contributed by atoms with Gasteiger partial charge in [0.25, 0.3) is 5.91 Å². The van der Waals surface area contributed by atoms with E-state index in [4.69, 9.17) is 9.84 Å². The molecule has 17 heavy (non-hydrogen) atoms. The molecule has 2 rings (SSSR count). The van der Waals surface area contributed by atoms with Gasteiger partial charge in [0.15, 0.2) is 0 Å². The van der Waals surface area contributed by atoms with Gasteiger partial charge in [-0.05, 0) is 32.6 Å². The Kier molecular flexibility index (Phi) is 3.38. The van der Waals surface area contributed by atoms with Crippen molar-refractivity contribution < 1.29 is 19.4 Å². The van der Waals surface area contributed by atoms with E-state index in [-0.39, 0.29) is 11.9 Å². The second kappa shape index (κ2) is 4.64.